The zero-order chi connectivity index (χ0) is 18.1. The summed E-state index contributed by atoms with van der Waals surface area (Å²) in [5.41, 5.74) is 2.03. The van der Waals surface area contributed by atoms with Gasteiger partial charge in [0.1, 0.15) is 5.82 Å². The summed E-state index contributed by atoms with van der Waals surface area (Å²) in [4.78, 5) is 0. The standard InChI is InChI=1S/C23H18N4/c1-3-7-18-13-20(11-9-16(18)5-1)24-22-15-23(27-26-22)25-21-12-10-17-6-2-4-8-19(17)14-21/h1-15H,(H3,24,25,26,27). The summed E-state index contributed by atoms with van der Waals surface area (Å²) in [6.07, 6.45) is 0. The van der Waals surface area contributed by atoms with Crippen LogP contribution >= 0.6 is 0 Å². The number of nitrogens with one attached hydrogen (secondary N) is 3. The minimum Gasteiger partial charge on any atom is -0.341 e. The average Bonchev–Trinajstić information content (AvgIpc) is 3.14. The number of benzene rings is 4. The van der Waals surface area contributed by atoms with Crippen LogP contribution in [0.15, 0.2) is 91.0 Å². The fourth-order valence-corrected chi connectivity index (χ4v) is 3.29. The molecule has 4 nitrogen and oxygen atoms in total. The lowest BCUT2D eigenvalue weighted by Crippen LogP contribution is -1.90. The van der Waals surface area contributed by atoms with Crippen LogP contribution in [0.25, 0.3) is 21.5 Å². The van der Waals surface area contributed by atoms with Crippen LogP contribution in [-0.4, -0.2) is 10.2 Å². The molecule has 0 aliphatic rings. The lowest BCUT2D eigenvalue weighted by Gasteiger charge is -2.05. The molecule has 0 radical (unpaired) electrons. The molecular weight excluding hydrogens is 332 g/mol. The molecule has 0 aliphatic heterocycles. The zero-order valence-electron chi connectivity index (χ0n) is 14.6. The Morgan fingerprint density at radius 1 is 0.556 bits per heavy atom. The van der Waals surface area contributed by atoms with Crippen LogP contribution in [0.1, 0.15) is 0 Å². The third-order valence-electron chi connectivity index (χ3n) is 4.63. The third-order valence-corrected chi connectivity index (χ3v) is 4.63. The summed E-state index contributed by atoms with van der Waals surface area (Å²) in [6.45, 7) is 0. The highest BCUT2D eigenvalue weighted by Crippen LogP contribution is 2.25. The third kappa shape index (κ3) is 3.20. The van der Waals surface area contributed by atoms with E-state index in [2.05, 4.69) is 87.6 Å². The number of rotatable bonds is 4. The summed E-state index contributed by atoms with van der Waals surface area (Å²) < 4.78 is 0. The van der Waals surface area contributed by atoms with Crippen molar-refractivity contribution >= 4 is 44.6 Å². The molecule has 0 amide bonds. The number of hydrogen-bond acceptors (Lipinski definition) is 3. The summed E-state index contributed by atoms with van der Waals surface area (Å²) >= 11 is 0. The Morgan fingerprint density at radius 2 is 1.11 bits per heavy atom. The van der Waals surface area contributed by atoms with Crippen molar-refractivity contribution in [2.75, 3.05) is 10.6 Å². The van der Waals surface area contributed by atoms with Gasteiger partial charge >= 0.3 is 0 Å². The van der Waals surface area contributed by atoms with E-state index < -0.39 is 0 Å². The van der Waals surface area contributed by atoms with E-state index in [4.69, 9.17) is 0 Å². The number of anilines is 4. The van der Waals surface area contributed by atoms with Crippen molar-refractivity contribution in [3.63, 3.8) is 0 Å². The van der Waals surface area contributed by atoms with E-state index in [-0.39, 0.29) is 0 Å². The van der Waals surface area contributed by atoms with Gasteiger partial charge < -0.3 is 10.6 Å². The van der Waals surface area contributed by atoms with Crippen LogP contribution in [0.2, 0.25) is 0 Å². The quantitative estimate of drug-likeness (QED) is 0.361. The molecule has 4 heteroatoms. The Labute approximate surface area is 156 Å². The Hall–Kier alpha value is -3.79. The summed E-state index contributed by atoms with van der Waals surface area (Å²) in [7, 11) is 0. The van der Waals surface area contributed by atoms with E-state index in [0.717, 1.165) is 23.0 Å². The molecular formula is C23H18N4. The highest BCUT2D eigenvalue weighted by molar-refractivity contribution is 5.87. The topological polar surface area (TPSA) is 52.7 Å². The van der Waals surface area contributed by atoms with Gasteiger partial charge in [-0.25, -0.2) is 0 Å². The lowest BCUT2D eigenvalue weighted by molar-refractivity contribution is 1.10. The molecule has 1 heterocycles. The van der Waals surface area contributed by atoms with Gasteiger partial charge in [0.15, 0.2) is 5.82 Å². The van der Waals surface area contributed by atoms with Crippen molar-refractivity contribution in [2.45, 2.75) is 0 Å². The predicted octanol–water partition coefficient (Wildman–Crippen LogP) is 6.20. The van der Waals surface area contributed by atoms with Gasteiger partial charge in [-0.15, -0.1) is 0 Å². The molecule has 4 aromatic carbocycles. The van der Waals surface area contributed by atoms with Crippen LogP contribution in [-0.2, 0) is 0 Å². The molecule has 0 unspecified atom stereocenters. The number of aromatic nitrogens is 2. The molecule has 0 atom stereocenters. The predicted molar refractivity (Wildman–Crippen MR) is 113 cm³/mol. The van der Waals surface area contributed by atoms with Gasteiger partial charge in [-0.05, 0) is 45.8 Å². The fourth-order valence-electron chi connectivity index (χ4n) is 3.29. The first kappa shape index (κ1) is 15.5. The van der Waals surface area contributed by atoms with Crippen LogP contribution in [0.3, 0.4) is 0 Å². The first-order valence-corrected chi connectivity index (χ1v) is 8.91. The first-order chi connectivity index (χ1) is 13.3. The van der Waals surface area contributed by atoms with Crippen LogP contribution < -0.4 is 10.6 Å². The Morgan fingerprint density at radius 3 is 1.74 bits per heavy atom. The van der Waals surface area contributed by atoms with Crippen molar-refractivity contribution in [1.29, 1.82) is 0 Å². The molecule has 0 saturated carbocycles. The van der Waals surface area contributed by atoms with Gasteiger partial charge in [-0.3, -0.25) is 5.10 Å². The molecule has 0 aliphatic carbocycles. The highest BCUT2D eigenvalue weighted by Gasteiger charge is 2.04. The molecule has 130 valence electrons. The molecule has 0 saturated heterocycles. The van der Waals surface area contributed by atoms with E-state index in [0.29, 0.717) is 0 Å². The molecule has 1 aromatic heterocycles. The normalized spacial score (nSPS) is 11.0. The second kappa shape index (κ2) is 6.50. The minimum absolute atomic E-state index is 0.772. The van der Waals surface area contributed by atoms with Gasteiger partial charge in [0, 0.05) is 17.4 Å². The minimum atomic E-state index is 0.772. The van der Waals surface area contributed by atoms with E-state index in [1.165, 1.54) is 21.5 Å². The molecule has 3 N–H and O–H groups in total. The van der Waals surface area contributed by atoms with Crippen molar-refractivity contribution in [1.82, 2.24) is 10.2 Å². The number of hydrogen-bond donors (Lipinski definition) is 3. The molecule has 0 bridgehead atoms. The fraction of sp³-hybridized carbons (Fsp3) is 0. The van der Waals surface area contributed by atoms with E-state index in [1.807, 2.05) is 24.3 Å². The van der Waals surface area contributed by atoms with Gasteiger partial charge in [-0.1, -0.05) is 60.7 Å². The monoisotopic (exact) mass is 350 g/mol. The van der Waals surface area contributed by atoms with Crippen LogP contribution in [0, 0.1) is 0 Å². The van der Waals surface area contributed by atoms with Crippen LogP contribution in [0.4, 0.5) is 23.0 Å². The second-order valence-corrected chi connectivity index (χ2v) is 6.54. The van der Waals surface area contributed by atoms with E-state index in [9.17, 15) is 0 Å². The van der Waals surface area contributed by atoms with Gasteiger partial charge in [-0.2, -0.15) is 5.10 Å². The van der Waals surface area contributed by atoms with Gasteiger partial charge in [0.2, 0.25) is 0 Å². The van der Waals surface area contributed by atoms with E-state index >= 15 is 0 Å². The molecule has 0 spiro atoms. The zero-order valence-corrected chi connectivity index (χ0v) is 14.6. The summed E-state index contributed by atoms with van der Waals surface area (Å²) in [5, 5.41) is 19.0. The van der Waals surface area contributed by atoms with E-state index in [1.54, 1.807) is 0 Å². The largest absolute Gasteiger partial charge is 0.341 e. The number of fused-ring (bicyclic) bond motifs is 2. The maximum Gasteiger partial charge on any atom is 0.154 e. The molecule has 5 aromatic rings. The lowest BCUT2D eigenvalue weighted by atomic mass is 10.1. The SMILES string of the molecule is c1ccc2cc(Nc3cc(Nc4ccc5ccccc5c4)[nH]n3)ccc2c1. The number of nitrogens with zero attached hydrogens (tertiary/aromatic N) is 1. The summed E-state index contributed by atoms with van der Waals surface area (Å²) in [6, 6.07) is 31.2. The van der Waals surface area contributed by atoms with Crippen molar-refractivity contribution < 1.29 is 0 Å². The average molecular weight is 350 g/mol. The number of H-pyrrole nitrogens is 1. The summed E-state index contributed by atoms with van der Waals surface area (Å²) in [5.74, 6) is 1.61. The molecule has 27 heavy (non-hydrogen) atoms. The molecule has 5 rings (SSSR count). The Kier molecular flexibility index (Phi) is 3.72. The van der Waals surface area contributed by atoms with Gasteiger partial charge in [0.25, 0.3) is 0 Å². The Bertz CT molecular complexity index is 1140. The number of aromatic amines is 1. The maximum absolute atomic E-state index is 4.35. The van der Waals surface area contributed by atoms with Crippen molar-refractivity contribution in [3.05, 3.63) is 91.0 Å². The van der Waals surface area contributed by atoms with Crippen molar-refractivity contribution in [3.8, 4) is 0 Å². The second-order valence-electron chi connectivity index (χ2n) is 6.54. The first-order valence-electron chi connectivity index (χ1n) is 8.91. The molecule has 0 fully saturated rings. The van der Waals surface area contributed by atoms with Gasteiger partial charge in [0.05, 0.1) is 0 Å². The smallest absolute Gasteiger partial charge is 0.154 e. The highest BCUT2D eigenvalue weighted by atomic mass is 15.2. The maximum atomic E-state index is 4.35. The van der Waals surface area contributed by atoms with Crippen LogP contribution in [0.5, 0.6) is 0 Å². The Balaban J connectivity index is 1.35. The van der Waals surface area contributed by atoms with Crippen molar-refractivity contribution in [2.24, 2.45) is 0 Å².